The highest BCUT2D eigenvalue weighted by Crippen LogP contribution is 2.30. The molecule has 1 saturated heterocycles. The van der Waals surface area contributed by atoms with Gasteiger partial charge in [0, 0.05) is 48.7 Å². The second-order valence-electron chi connectivity index (χ2n) is 11.3. The van der Waals surface area contributed by atoms with E-state index < -0.39 is 0 Å². The lowest BCUT2D eigenvalue weighted by molar-refractivity contribution is -0.128. The van der Waals surface area contributed by atoms with E-state index >= 15 is 0 Å². The number of hydrogen-bond donors (Lipinski definition) is 2. The standard InChI is InChI=1S/C31H39N3O2/c35-31(33-27-9-2-1-3-10-27)25-15-22(21-36-28-14-13-23-7-6-8-24(23)16-28)18-34(19-25)20-26-17-32-30-12-5-4-11-29(26)30/h4-5,11-14,16-17,22,25,27,32H,1-3,6-10,15,18-21H2,(H,33,35)/t22-,25+/m0/s1. The van der Waals surface area contributed by atoms with Crippen molar-refractivity contribution < 1.29 is 9.53 Å². The van der Waals surface area contributed by atoms with Gasteiger partial charge in [-0.2, -0.15) is 0 Å². The summed E-state index contributed by atoms with van der Waals surface area (Å²) in [4.78, 5) is 19.3. The van der Waals surface area contributed by atoms with Crippen LogP contribution in [-0.2, 0) is 24.2 Å². The predicted molar refractivity (Wildman–Crippen MR) is 144 cm³/mol. The smallest absolute Gasteiger partial charge is 0.224 e. The van der Waals surface area contributed by atoms with E-state index in [1.807, 2.05) is 0 Å². The molecule has 3 aromatic rings. The van der Waals surface area contributed by atoms with Crippen molar-refractivity contribution in [1.82, 2.24) is 15.2 Å². The van der Waals surface area contributed by atoms with E-state index in [-0.39, 0.29) is 11.8 Å². The number of aryl methyl sites for hydroxylation is 2. The van der Waals surface area contributed by atoms with Gasteiger partial charge in [-0.25, -0.2) is 0 Å². The second-order valence-corrected chi connectivity index (χ2v) is 11.3. The molecule has 6 rings (SSSR count). The quantitative estimate of drug-likeness (QED) is 0.457. The van der Waals surface area contributed by atoms with E-state index in [0.29, 0.717) is 18.6 Å². The molecular weight excluding hydrogens is 446 g/mol. The first-order valence-corrected chi connectivity index (χ1v) is 14.0. The van der Waals surface area contributed by atoms with Crippen LogP contribution in [0.15, 0.2) is 48.7 Å². The van der Waals surface area contributed by atoms with Crippen molar-refractivity contribution in [1.29, 1.82) is 0 Å². The highest BCUT2D eigenvalue weighted by atomic mass is 16.5. The van der Waals surface area contributed by atoms with E-state index in [9.17, 15) is 4.79 Å². The summed E-state index contributed by atoms with van der Waals surface area (Å²) in [5.74, 6) is 1.57. The lowest BCUT2D eigenvalue weighted by atomic mass is 9.87. The third-order valence-electron chi connectivity index (χ3n) is 8.56. The number of benzene rings is 2. The molecule has 5 heteroatoms. The van der Waals surface area contributed by atoms with Crippen LogP contribution in [0.2, 0.25) is 0 Å². The Bertz CT molecular complexity index is 1200. The molecule has 0 spiro atoms. The number of nitrogens with zero attached hydrogens (tertiary/aromatic N) is 1. The van der Waals surface area contributed by atoms with Crippen LogP contribution in [0.25, 0.3) is 10.9 Å². The number of likely N-dealkylation sites (tertiary alicyclic amines) is 1. The third kappa shape index (κ3) is 5.31. The molecule has 0 radical (unpaired) electrons. The summed E-state index contributed by atoms with van der Waals surface area (Å²) in [5.41, 5.74) is 5.40. The largest absolute Gasteiger partial charge is 0.493 e. The van der Waals surface area contributed by atoms with Crippen molar-refractivity contribution in [2.75, 3.05) is 19.7 Å². The van der Waals surface area contributed by atoms with Crippen LogP contribution < -0.4 is 10.1 Å². The first-order chi connectivity index (χ1) is 17.7. The molecule has 3 aliphatic rings. The zero-order valence-electron chi connectivity index (χ0n) is 21.3. The number of ether oxygens (including phenoxy) is 1. The normalized spacial score (nSPS) is 23.0. The maximum atomic E-state index is 13.4. The Morgan fingerprint density at radius 1 is 1.00 bits per heavy atom. The summed E-state index contributed by atoms with van der Waals surface area (Å²) in [5, 5.41) is 4.68. The topological polar surface area (TPSA) is 57.4 Å². The van der Waals surface area contributed by atoms with Gasteiger partial charge in [0.05, 0.1) is 12.5 Å². The van der Waals surface area contributed by atoms with Crippen LogP contribution in [0.1, 0.15) is 61.6 Å². The Hall–Kier alpha value is -2.79. The van der Waals surface area contributed by atoms with E-state index in [1.54, 1.807) is 0 Å². The average Bonchev–Trinajstić information content (AvgIpc) is 3.55. The van der Waals surface area contributed by atoms with Gasteiger partial charge in [0.25, 0.3) is 0 Å². The summed E-state index contributed by atoms with van der Waals surface area (Å²) >= 11 is 0. The number of amides is 1. The summed E-state index contributed by atoms with van der Waals surface area (Å²) in [7, 11) is 0. The summed E-state index contributed by atoms with van der Waals surface area (Å²) in [6.45, 7) is 3.29. The molecule has 0 unspecified atom stereocenters. The zero-order valence-corrected chi connectivity index (χ0v) is 21.3. The Morgan fingerprint density at radius 2 is 1.86 bits per heavy atom. The molecule has 190 valence electrons. The molecule has 2 aliphatic carbocycles. The predicted octanol–water partition coefficient (Wildman–Crippen LogP) is 5.62. The number of nitrogens with one attached hydrogen (secondary N) is 2. The number of hydrogen-bond acceptors (Lipinski definition) is 3. The summed E-state index contributed by atoms with van der Waals surface area (Å²) in [6, 6.07) is 15.4. The van der Waals surface area contributed by atoms with Crippen molar-refractivity contribution in [3.05, 3.63) is 65.4 Å². The average molecular weight is 486 g/mol. The fourth-order valence-electron chi connectivity index (χ4n) is 6.66. The monoisotopic (exact) mass is 485 g/mol. The number of carbonyl (C=O) groups is 1. The first kappa shape index (κ1) is 23.6. The van der Waals surface area contributed by atoms with Gasteiger partial charge in [-0.1, -0.05) is 43.5 Å². The highest BCUT2D eigenvalue weighted by Gasteiger charge is 2.33. The summed E-state index contributed by atoms with van der Waals surface area (Å²) < 4.78 is 6.34. The minimum Gasteiger partial charge on any atom is -0.493 e. The molecule has 0 bridgehead atoms. The maximum absolute atomic E-state index is 13.4. The van der Waals surface area contributed by atoms with Crippen LogP contribution in [0, 0.1) is 11.8 Å². The van der Waals surface area contributed by atoms with Gasteiger partial charge in [0.1, 0.15) is 5.75 Å². The molecule has 1 aliphatic heterocycles. The maximum Gasteiger partial charge on any atom is 0.224 e. The second kappa shape index (κ2) is 10.7. The minimum absolute atomic E-state index is 0.0134. The number of H-pyrrole nitrogens is 1. The van der Waals surface area contributed by atoms with Crippen molar-refractivity contribution in [2.24, 2.45) is 11.8 Å². The van der Waals surface area contributed by atoms with Crippen molar-refractivity contribution in [3.8, 4) is 5.75 Å². The molecule has 2 fully saturated rings. The van der Waals surface area contributed by atoms with Crippen molar-refractivity contribution in [2.45, 2.75) is 70.4 Å². The van der Waals surface area contributed by atoms with E-state index in [1.165, 1.54) is 59.7 Å². The van der Waals surface area contributed by atoms with Crippen LogP contribution in [0.3, 0.4) is 0 Å². The fourth-order valence-corrected chi connectivity index (χ4v) is 6.66. The molecule has 1 amide bonds. The van der Waals surface area contributed by atoms with Gasteiger partial charge >= 0.3 is 0 Å². The number of aromatic amines is 1. The Labute approximate surface area is 214 Å². The SMILES string of the molecule is O=C(NC1CCCCC1)[C@@H]1C[C@H](COc2ccc3c(c2)CCC3)CN(Cc2c[nH]c3ccccc23)C1. The van der Waals surface area contributed by atoms with Crippen LogP contribution in [0.4, 0.5) is 0 Å². The van der Waals surface area contributed by atoms with Gasteiger partial charge in [0.2, 0.25) is 5.91 Å². The number of carbonyl (C=O) groups excluding carboxylic acids is 1. The molecular formula is C31H39N3O2. The molecule has 2 N–H and O–H groups in total. The van der Waals surface area contributed by atoms with Gasteiger partial charge in [-0.15, -0.1) is 0 Å². The Balaban J connectivity index is 1.15. The fraction of sp³-hybridized carbons (Fsp3) is 0.516. The van der Waals surface area contributed by atoms with Crippen LogP contribution in [0.5, 0.6) is 5.75 Å². The number of fused-ring (bicyclic) bond motifs is 2. The van der Waals surface area contributed by atoms with Gasteiger partial charge in [0.15, 0.2) is 0 Å². The van der Waals surface area contributed by atoms with Crippen molar-refractivity contribution >= 4 is 16.8 Å². The van der Waals surface area contributed by atoms with E-state index in [4.69, 9.17) is 4.74 Å². The van der Waals surface area contributed by atoms with Crippen LogP contribution >= 0.6 is 0 Å². The zero-order chi connectivity index (χ0) is 24.3. The molecule has 36 heavy (non-hydrogen) atoms. The molecule has 1 saturated carbocycles. The number of rotatable bonds is 7. The Kier molecular flexibility index (Phi) is 7.00. The minimum atomic E-state index is 0.0134. The molecule has 5 nitrogen and oxygen atoms in total. The number of aromatic nitrogens is 1. The van der Waals surface area contributed by atoms with Gasteiger partial charge < -0.3 is 15.0 Å². The van der Waals surface area contributed by atoms with Gasteiger partial charge in [-0.3, -0.25) is 9.69 Å². The number of piperidine rings is 1. The molecule has 1 aromatic heterocycles. The van der Waals surface area contributed by atoms with Gasteiger partial charge in [-0.05, 0) is 73.4 Å². The van der Waals surface area contributed by atoms with E-state index in [0.717, 1.165) is 51.1 Å². The summed E-state index contributed by atoms with van der Waals surface area (Å²) in [6.07, 6.45) is 12.7. The highest BCUT2D eigenvalue weighted by molar-refractivity contribution is 5.83. The third-order valence-corrected chi connectivity index (χ3v) is 8.56. The lowest BCUT2D eigenvalue weighted by Gasteiger charge is -2.38. The van der Waals surface area contributed by atoms with Crippen LogP contribution in [-0.4, -0.2) is 41.5 Å². The first-order valence-electron chi connectivity index (χ1n) is 14.0. The molecule has 2 heterocycles. The molecule has 2 atom stereocenters. The molecule has 2 aromatic carbocycles. The number of para-hydroxylation sites is 1. The Morgan fingerprint density at radius 3 is 2.78 bits per heavy atom. The van der Waals surface area contributed by atoms with E-state index in [2.05, 4.69) is 63.9 Å². The van der Waals surface area contributed by atoms with Crippen molar-refractivity contribution in [3.63, 3.8) is 0 Å². The lowest BCUT2D eigenvalue weighted by Crippen LogP contribution is -2.49.